The normalized spacial score (nSPS) is 21.8. The van der Waals surface area contributed by atoms with Gasteiger partial charge in [0.2, 0.25) is 5.88 Å². The number of nitrogens with two attached hydrogens (primary N) is 1. The topological polar surface area (TPSA) is 76.1 Å². The number of ether oxygens (including phenoxy) is 1. The van der Waals surface area contributed by atoms with Gasteiger partial charge in [0, 0.05) is 28.5 Å². The molecule has 2 aromatic carbocycles. The summed E-state index contributed by atoms with van der Waals surface area (Å²) in [6.07, 6.45) is 0.840. The zero-order chi connectivity index (χ0) is 19.8. The molecule has 2 aromatic rings. The number of nitriles is 1. The number of nitrogens with zero attached hydrogens (tertiary/aromatic N) is 1. The number of hydrogen-bond acceptors (Lipinski definition) is 4. The van der Waals surface area contributed by atoms with Gasteiger partial charge in [-0.15, -0.1) is 0 Å². The van der Waals surface area contributed by atoms with Crippen molar-refractivity contribution in [1.29, 1.82) is 5.26 Å². The Kier molecular flexibility index (Phi) is 4.89. The van der Waals surface area contributed by atoms with E-state index in [9.17, 15) is 10.1 Å². The molecule has 0 fully saturated rings. The monoisotopic (exact) mass is 410 g/mol. The number of carbonyl (C=O) groups excluding carboxylic acids is 1. The highest BCUT2D eigenvalue weighted by Gasteiger charge is 2.41. The van der Waals surface area contributed by atoms with Crippen molar-refractivity contribution in [1.82, 2.24) is 0 Å². The molecule has 0 saturated carbocycles. The first-order valence-electron chi connectivity index (χ1n) is 8.83. The Morgan fingerprint density at radius 3 is 2.46 bits per heavy atom. The molecule has 4 rings (SSSR count). The van der Waals surface area contributed by atoms with Crippen molar-refractivity contribution in [2.24, 2.45) is 5.73 Å². The maximum absolute atomic E-state index is 13.2. The third-order valence-corrected chi connectivity index (χ3v) is 5.81. The average Bonchev–Trinajstić information content (AvgIpc) is 2.68. The molecule has 0 bridgehead atoms. The highest BCUT2D eigenvalue weighted by Crippen LogP contribution is 2.47. The van der Waals surface area contributed by atoms with E-state index in [-0.39, 0.29) is 23.2 Å². The van der Waals surface area contributed by atoms with E-state index in [0.29, 0.717) is 39.8 Å². The molecule has 0 unspecified atom stereocenters. The molecular weight excluding hydrogens is 395 g/mol. The number of hydrogen-bond donors (Lipinski definition) is 1. The van der Waals surface area contributed by atoms with Crippen LogP contribution in [0.25, 0.3) is 0 Å². The highest BCUT2D eigenvalue weighted by molar-refractivity contribution is 6.31. The van der Waals surface area contributed by atoms with Gasteiger partial charge in [-0.3, -0.25) is 4.79 Å². The van der Waals surface area contributed by atoms with E-state index in [1.54, 1.807) is 12.1 Å². The molecule has 2 atom stereocenters. The summed E-state index contributed by atoms with van der Waals surface area (Å²) in [5.74, 6) is -0.173. The Labute approximate surface area is 172 Å². The number of Topliss-reactive ketones (excluding diaryl/α,β-unsaturated/α-hetero) is 1. The van der Waals surface area contributed by atoms with Gasteiger partial charge in [0.25, 0.3) is 0 Å². The zero-order valence-corrected chi connectivity index (χ0v) is 16.3. The molecule has 1 heterocycles. The van der Waals surface area contributed by atoms with Gasteiger partial charge in [-0.1, -0.05) is 53.5 Å². The molecule has 0 radical (unpaired) electrons. The minimum absolute atomic E-state index is 0.0238. The first-order chi connectivity index (χ1) is 13.5. The molecule has 1 aliphatic carbocycles. The van der Waals surface area contributed by atoms with Gasteiger partial charge < -0.3 is 10.5 Å². The summed E-state index contributed by atoms with van der Waals surface area (Å²) in [5, 5.41) is 10.8. The largest absolute Gasteiger partial charge is 0.444 e. The van der Waals surface area contributed by atoms with Crippen LogP contribution < -0.4 is 5.73 Å². The second-order valence-electron chi connectivity index (χ2n) is 6.86. The lowest BCUT2D eigenvalue weighted by atomic mass is 9.73. The molecule has 2 aliphatic rings. The summed E-state index contributed by atoms with van der Waals surface area (Å²) in [6, 6.07) is 16.7. The number of rotatable bonds is 2. The fourth-order valence-electron chi connectivity index (χ4n) is 3.90. The van der Waals surface area contributed by atoms with Crippen molar-refractivity contribution < 1.29 is 9.53 Å². The third-order valence-electron chi connectivity index (χ3n) is 5.22. The number of allylic oxidation sites excluding steroid dienone is 3. The second-order valence-corrected chi connectivity index (χ2v) is 7.71. The molecule has 0 aromatic heterocycles. The van der Waals surface area contributed by atoms with E-state index in [1.807, 2.05) is 36.4 Å². The van der Waals surface area contributed by atoms with Crippen LogP contribution in [0.1, 0.15) is 35.8 Å². The number of carbonyl (C=O) groups is 1. The summed E-state index contributed by atoms with van der Waals surface area (Å²) in [6.45, 7) is 0. The van der Waals surface area contributed by atoms with Gasteiger partial charge in [0.1, 0.15) is 17.4 Å². The minimum Gasteiger partial charge on any atom is -0.444 e. The Hall–Kier alpha value is -2.74. The molecule has 4 nitrogen and oxygen atoms in total. The molecular formula is C22H16Cl2N2O2. The van der Waals surface area contributed by atoms with Crippen molar-refractivity contribution in [3.63, 3.8) is 0 Å². The molecule has 2 N–H and O–H groups in total. The van der Waals surface area contributed by atoms with Crippen molar-refractivity contribution in [3.8, 4) is 6.07 Å². The van der Waals surface area contributed by atoms with Crippen molar-refractivity contribution in [3.05, 3.63) is 92.5 Å². The lowest BCUT2D eigenvalue weighted by Crippen LogP contribution is -2.30. The van der Waals surface area contributed by atoms with Crippen LogP contribution in [0, 0.1) is 11.3 Å². The molecule has 140 valence electrons. The molecule has 1 aliphatic heterocycles. The zero-order valence-electron chi connectivity index (χ0n) is 14.8. The fourth-order valence-corrected chi connectivity index (χ4v) is 4.27. The lowest BCUT2D eigenvalue weighted by Gasteiger charge is -2.34. The second kappa shape index (κ2) is 7.35. The van der Waals surface area contributed by atoms with Crippen molar-refractivity contribution in [2.45, 2.75) is 24.7 Å². The van der Waals surface area contributed by atoms with Gasteiger partial charge in [-0.25, -0.2) is 0 Å². The van der Waals surface area contributed by atoms with E-state index in [2.05, 4.69) is 6.07 Å². The van der Waals surface area contributed by atoms with E-state index in [0.717, 1.165) is 5.56 Å². The summed E-state index contributed by atoms with van der Waals surface area (Å²) in [7, 11) is 0. The predicted octanol–water partition coefficient (Wildman–Crippen LogP) is 5.20. The van der Waals surface area contributed by atoms with Crippen LogP contribution in [-0.4, -0.2) is 5.78 Å². The smallest absolute Gasteiger partial charge is 0.205 e. The minimum atomic E-state index is -0.610. The molecule has 28 heavy (non-hydrogen) atoms. The fraction of sp³-hybridized carbons (Fsp3) is 0.182. The summed E-state index contributed by atoms with van der Waals surface area (Å²) < 4.78 is 5.76. The van der Waals surface area contributed by atoms with Crippen molar-refractivity contribution in [2.75, 3.05) is 0 Å². The first kappa shape index (κ1) is 18.6. The standard InChI is InChI=1S/C22H16Cl2N2O2/c23-14-7-5-12(6-8-14)13-9-18(27)21-19(10-13)28-22(26)16(11-25)20(21)15-3-1-2-4-17(15)24/h1-8,13,20H,9-10,26H2/t13-,20-/m0/s1. The van der Waals surface area contributed by atoms with Gasteiger partial charge in [-0.05, 0) is 35.2 Å². The molecule has 0 saturated heterocycles. The van der Waals surface area contributed by atoms with Gasteiger partial charge in [0.15, 0.2) is 5.78 Å². The summed E-state index contributed by atoms with van der Waals surface area (Å²) in [5.41, 5.74) is 8.43. The Morgan fingerprint density at radius 2 is 1.79 bits per heavy atom. The first-order valence-corrected chi connectivity index (χ1v) is 9.59. The molecule has 0 spiro atoms. The average molecular weight is 411 g/mol. The van der Waals surface area contributed by atoms with Crippen LogP contribution in [0.2, 0.25) is 10.0 Å². The summed E-state index contributed by atoms with van der Waals surface area (Å²) in [4.78, 5) is 13.2. The number of halogens is 2. The Balaban J connectivity index is 1.80. The van der Waals surface area contributed by atoms with E-state index in [1.165, 1.54) is 0 Å². The lowest BCUT2D eigenvalue weighted by molar-refractivity contribution is -0.117. The number of ketones is 1. The quantitative estimate of drug-likeness (QED) is 0.737. The maximum atomic E-state index is 13.2. The van der Waals surface area contributed by atoms with Crippen molar-refractivity contribution >= 4 is 29.0 Å². The van der Waals surface area contributed by atoms with Crippen LogP contribution in [0.3, 0.4) is 0 Å². The van der Waals surface area contributed by atoms with E-state index in [4.69, 9.17) is 33.7 Å². The van der Waals surface area contributed by atoms with E-state index >= 15 is 0 Å². The molecule has 6 heteroatoms. The predicted molar refractivity (Wildman–Crippen MR) is 108 cm³/mol. The van der Waals surface area contributed by atoms with Crippen LogP contribution >= 0.6 is 23.2 Å². The molecule has 0 amide bonds. The van der Waals surface area contributed by atoms with E-state index < -0.39 is 5.92 Å². The summed E-state index contributed by atoms with van der Waals surface area (Å²) >= 11 is 12.4. The van der Waals surface area contributed by atoms with Crippen LogP contribution in [0.4, 0.5) is 0 Å². The van der Waals surface area contributed by atoms with Gasteiger partial charge in [-0.2, -0.15) is 5.26 Å². The van der Waals surface area contributed by atoms with Crippen LogP contribution in [0.15, 0.2) is 71.3 Å². The third kappa shape index (κ3) is 3.17. The van der Waals surface area contributed by atoms with Gasteiger partial charge >= 0.3 is 0 Å². The maximum Gasteiger partial charge on any atom is 0.205 e. The van der Waals surface area contributed by atoms with Crippen LogP contribution in [0.5, 0.6) is 0 Å². The van der Waals surface area contributed by atoms with Crippen LogP contribution in [-0.2, 0) is 9.53 Å². The highest BCUT2D eigenvalue weighted by atomic mass is 35.5. The SMILES string of the molecule is N#CC1=C(N)OC2=C(C(=O)C[C@H](c3ccc(Cl)cc3)C2)[C@H]1c1ccccc1Cl. The Bertz CT molecular complexity index is 1060. The number of benzene rings is 2. The van der Waals surface area contributed by atoms with Gasteiger partial charge in [0.05, 0.1) is 5.92 Å². The Morgan fingerprint density at radius 1 is 1.07 bits per heavy atom.